The number of carbonyl (C=O) groups is 1. The minimum atomic E-state index is 0.0439. The van der Waals surface area contributed by atoms with E-state index in [1.54, 1.807) is 0 Å². The Balaban J connectivity index is 1.26. The van der Waals surface area contributed by atoms with Gasteiger partial charge in [-0.3, -0.25) is 9.69 Å². The third-order valence-corrected chi connectivity index (χ3v) is 6.39. The average molecular weight is 378 g/mol. The van der Waals surface area contributed by atoms with Crippen molar-refractivity contribution in [3.8, 4) is 0 Å². The largest absolute Gasteiger partial charge is 0.350 e. The number of rotatable bonds is 7. The standard InChI is InChI=1S/C24H31N3O/c1-26(16-19-8-4-2-5-9-19)17-22-18-27-13-12-21(22)14-23(27)15-25-24(28)20-10-6-3-7-11-20/h2-11,21-23H,12-18H2,1H3,(H,25,28)/t21-,22-,23+/m0/s1. The second kappa shape index (κ2) is 8.89. The van der Waals surface area contributed by atoms with Gasteiger partial charge in [-0.1, -0.05) is 48.5 Å². The minimum absolute atomic E-state index is 0.0439. The highest BCUT2D eigenvalue weighted by atomic mass is 16.1. The molecule has 28 heavy (non-hydrogen) atoms. The van der Waals surface area contributed by atoms with E-state index in [1.807, 2.05) is 30.3 Å². The first-order valence-electron chi connectivity index (χ1n) is 10.5. The third-order valence-electron chi connectivity index (χ3n) is 6.39. The van der Waals surface area contributed by atoms with Gasteiger partial charge in [0.15, 0.2) is 0 Å². The lowest BCUT2D eigenvalue weighted by Gasteiger charge is -2.50. The van der Waals surface area contributed by atoms with Gasteiger partial charge in [0.1, 0.15) is 0 Å². The van der Waals surface area contributed by atoms with Crippen molar-refractivity contribution in [3.05, 3.63) is 71.8 Å². The van der Waals surface area contributed by atoms with Crippen molar-refractivity contribution in [2.75, 3.05) is 33.2 Å². The van der Waals surface area contributed by atoms with E-state index >= 15 is 0 Å². The highest BCUT2D eigenvalue weighted by Gasteiger charge is 2.40. The molecule has 4 nitrogen and oxygen atoms in total. The summed E-state index contributed by atoms with van der Waals surface area (Å²) in [5.74, 6) is 1.56. The zero-order valence-corrected chi connectivity index (χ0v) is 16.8. The molecule has 4 atom stereocenters. The van der Waals surface area contributed by atoms with Crippen LogP contribution in [0.4, 0.5) is 0 Å². The number of nitrogens with zero attached hydrogens (tertiary/aromatic N) is 2. The maximum atomic E-state index is 12.3. The molecule has 0 aliphatic carbocycles. The predicted molar refractivity (Wildman–Crippen MR) is 113 cm³/mol. The van der Waals surface area contributed by atoms with Crippen LogP contribution in [0.1, 0.15) is 28.8 Å². The van der Waals surface area contributed by atoms with Crippen molar-refractivity contribution in [2.45, 2.75) is 25.4 Å². The molecule has 3 aliphatic heterocycles. The topological polar surface area (TPSA) is 35.6 Å². The van der Waals surface area contributed by atoms with E-state index in [2.05, 4.69) is 52.5 Å². The first kappa shape index (κ1) is 19.2. The van der Waals surface area contributed by atoms with Gasteiger partial charge in [-0.25, -0.2) is 0 Å². The molecule has 1 amide bonds. The molecule has 2 aromatic rings. The Morgan fingerprint density at radius 1 is 1.11 bits per heavy atom. The fourth-order valence-corrected chi connectivity index (χ4v) is 4.93. The summed E-state index contributed by atoms with van der Waals surface area (Å²) in [6.45, 7) is 5.27. The number of nitrogens with one attached hydrogen (secondary N) is 1. The molecular formula is C24H31N3O. The molecule has 2 aromatic carbocycles. The molecule has 1 N–H and O–H groups in total. The summed E-state index contributed by atoms with van der Waals surface area (Å²) in [4.78, 5) is 17.4. The normalized spacial score (nSPS) is 26.4. The van der Waals surface area contributed by atoms with Crippen LogP contribution in [-0.4, -0.2) is 55.0 Å². The molecule has 4 heteroatoms. The maximum Gasteiger partial charge on any atom is 0.251 e. The van der Waals surface area contributed by atoms with Crippen LogP contribution < -0.4 is 5.32 Å². The summed E-state index contributed by atoms with van der Waals surface area (Å²) in [7, 11) is 2.24. The molecular weight excluding hydrogens is 346 g/mol. The number of fused-ring (bicyclic) bond motifs is 3. The van der Waals surface area contributed by atoms with Crippen molar-refractivity contribution in [3.63, 3.8) is 0 Å². The summed E-state index contributed by atoms with van der Waals surface area (Å²) < 4.78 is 0. The SMILES string of the molecule is CN(Cc1ccccc1)C[C@H]1CN2CC[C@H]1C[C@@H]2CNC(=O)c1ccccc1. The van der Waals surface area contributed by atoms with Gasteiger partial charge < -0.3 is 10.2 Å². The van der Waals surface area contributed by atoms with Crippen molar-refractivity contribution >= 4 is 5.91 Å². The predicted octanol–water partition coefficient (Wildman–Crippen LogP) is 3.26. The van der Waals surface area contributed by atoms with Crippen LogP contribution in [0.15, 0.2) is 60.7 Å². The van der Waals surface area contributed by atoms with Crippen molar-refractivity contribution < 1.29 is 4.79 Å². The molecule has 0 spiro atoms. The monoisotopic (exact) mass is 377 g/mol. The zero-order valence-electron chi connectivity index (χ0n) is 16.8. The third kappa shape index (κ3) is 4.62. The van der Waals surface area contributed by atoms with Gasteiger partial charge in [0.25, 0.3) is 5.91 Å². The average Bonchev–Trinajstić information content (AvgIpc) is 2.74. The van der Waals surface area contributed by atoms with E-state index in [9.17, 15) is 4.79 Å². The molecule has 3 fully saturated rings. The Morgan fingerprint density at radius 2 is 1.82 bits per heavy atom. The molecule has 3 saturated heterocycles. The summed E-state index contributed by atoms with van der Waals surface area (Å²) in [6.07, 6.45) is 2.51. The number of hydrogen-bond acceptors (Lipinski definition) is 3. The highest BCUT2D eigenvalue weighted by Crippen LogP contribution is 2.36. The first-order chi connectivity index (χ1) is 13.7. The summed E-state index contributed by atoms with van der Waals surface area (Å²) in [5.41, 5.74) is 2.13. The van der Waals surface area contributed by atoms with Crippen molar-refractivity contribution in [1.82, 2.24) is 15.1 Å². The lowest BCUT2D eigenvalue weighted by Crippen LogP contribution is -2.58. The number of hydrogen-bond donors (Lipinski definition) is 1. The maximum absolute atomic E-state index is 12.3. The number of carbonyl (C=O) groups excluding carboxylic acids is 1. The van der Waals surface area contributed by atoms with Crippen LogP contribution in [0.25, 0.3) is 0 Å². The lowest BCUT2D eigenvalue weighted by atomic mass is 9.75. The molecule has 0 radical (unpaired) electrons. The van der Waals surface area contributed by atoms with Gasteiger partial charge in [-0.05, 0) is 56.0 Å². The second-order valence-corrected chi connectivity index (χ2v) is 8.45. The van der Waals surface area contributed by atoms with Crippen LogP contribution in [0, 0.1) is 11.8 Å². The minimum Gasteiger partial charge on any atom is -0.350 e. The molecule has 3 aliphatic rings. The molecule has 0 saturated carbocycles. The molecule has 0 aromatic heterocycles. The first-order valence-corrected chi connectivity index (χ1v) is 10.5. The number of benzene rings is 2. The van der Waals surface area contributed by atoms with E-state index in [1.165, 1.54) is 24.9 Å². The summed E-state index contributed by atoms with van der Waals surface area (Å²) >= 11 is 0. The summed E-state index contributed by atoms with van der Waals surface area (Å²) in [6, 6.07) is 20.7. The Kier molecular flexibility index (Phi) is 6.08. The molecule has 5 rings (SSSR count). The van der Waals surface area contributed by atoms with E-state index in [0.29, 0.717) is 6.04 Å². The molecule has 2 bridgehead atoms. The Bertz CT molecular complexity index is 764. The van der Waals surface area contributed by atoms with Gasteiger partial charge in [0.2, 0.25) is 0 Å². The second-order valence-electron chi connectivity index (χ2n) is 8.45. The molecule has 3 heterocycles. The van der Waals surface area contributed by atoms with Crippen molar-refractivity contribution in [1.29, 1.82) is 0 Å². The van der Waals surface area contributed by atoms with Crippen LogP contribution in [0.3, 0.4) is 0 Å². The highest BCUT2D eigenvalue weighted by molar-refractivity contribution is 5.94. The van der Waals surface area contributed by atoms with Crippen LogP contribution in [-0.2, 0) is 6.54 Å². The Hall–Kier alpha value is -2.17. The zero-order chi connectivity index (χ0) is 19.3. The Morgan fingerprint density at radius 3 is 2.50 bits per heavy atom. The number of piperidine rings is 3. The van der Waals surface area contributed by atoms with Gasteiger partial charge >= 0.3 is 0 Å². The number of amides is 1. The fraction of sp³-hybridized carbons (Fsp3) is 0.458. The van der Waals surface area contributed by atoms with Gasteiger partial charge in [-0.2, -0.15) is 0 Å². The summed E-state index contributed by atoms with van der Waals surface area (Å²) in [5, 5.41) is 3.15. The Labute approximate surface area is 168 Å². The van der Waals surface area contributed by atoms with E-state index in [4.69, 9.17) is 0 Å². The van der Waals surface area contributed by atoms with Crippen LogP contribution in [0.2, 0.25) is 0 Å². The van der Waals surface area contributed by atoms with E-state index in [0.717, 1.165) is 43.6 Å². The van der Waals surface area contributed by atoms with Gasteiger partial charge in [0.05, 0.1) is 0 Å². The van der Waals surface area contributed by atoms with Crippen LogP contribution >= 0.6 is 0 Å². The quantitative estimate of drug-likeness (QED) is 0.804. The van der Waals surface area contributed by atoms with E-state index < -0.39 is 0 Å². The van der Waals surface area contributed by atoms with E-state index in [-0.39, 0.29) is 5.91 Å². The van der Waals surface area contributed by atoms with Crippen LogP contribution in [0.5, 0.6) is 0 Å². The fourth-order valence-electron chi connectivity index (χ4n) is 4.93. The molecule has 1 unspecified atom stereocenters. The van der Waals surface area contributed by atoms with Gasteiger partial charge in [0, 0.05) is 37.8 Å². The van der Waals surface area contributed by atoms with Gasteiger partial charge in [-0.15, -0.1) is 0 Å². The molecule has 148 valence electrons. The smallest absolute Gasteiger partial charge is 0.251 e. The lowest BCUT2D eigenvalue weighted by molar-refractivity contribution is -0.00955. The van der Waals surface area contributed by atoms with Crippen molar-refractivity contribution in [2.24, 2.45) is 11.8 Å².